The highest BCUT2D eigenvalue weighted by Crippen LogP contribution is 2.45. The summed E-state index contributed by atoms with van der Waals surface area (Å²) in [5.41, 5.74) is 1.15. The molecule has 26 heavy (non-hydrogen) atoms. The maximum atomic E-state index is 12.6. The average Bonchev–Trinajstić information content (AvgIpc) is 2.61. The third-order valence-electron chi connectivity index (χ3n) is 5.79. The second kappa shape index (κ2) is 8.49. The highest BCUT2D eigenvalue weighted by Gasteiger charge is 2.42. The molecule has 1 heterocycles. The average molecular weight is 362 g/mol. The van der Waals surface area contributed by atoms with Crippen molar-refractivity contribution < 1.29 is 24.5 Å². The second-order valence-electron chi connectivity index (χ2n) is 7.75. The zero-order valence-corrected chi connectivity index (χ0v) is 15.6. The van der Waals surface area contributed by atoms with Crippen LogP contribution in [0.4, 0.5) is 0 Å². The number of Topliss-reactive ketones (excluding diaryl/α,β-unsaturated/α-hetero) is 2. The minimum absolute atomic E-state index is 0.0221. The third kappa shape index (κ3) is 3.94. The Balaban J connectivity index is 1.83. The van der Waals surface area contributed by atoms with Gasteiger partial charge in [-0.15, -0.1) is 0 Å². The lowest BCUT2D eigenvalue weighted by molar-refractivity contribution is -0.118. The third-order valence-corrected chi connectivity index (χ3v) is 5.79. The first-order valence-electron chi connectivity index (χ1n) is 10.1. The molecular formula is C21H30O5. The van der Waals surface area contributed by atoms with Gasteiger partial charge < -0.3 is 14.9 Å². The van der Waals surface area contributed by atoms with Crippen LogP contribution < -0.4 is 0 Å². The summed E-state index contributed by atoms with van der Waals surface area (Å²) in [6.07, 6.45) is 5.79. The van der Waals surface area contributed by atoms with Gasteiger partial charge in [-0.1, -0.05) is 26.2 Å². The SMILES string of the molecule is CCCCC[C@H](O)[C@@H](O)CC1C2=C(CCCC2=O)OC2=C1C(=O)CCC2. The van der Waals surface area contributed by atoms with Gasteiger partial charge in [0.1, 0.15) is 11.5 Å². The molecule has 144 valence electrons. The van der Waals surface area contributed by atoms with Gasteiger partial charge >= 0.3 is 0 Å². The van der Waals surface area contributed by atoms with Crippen molar-refractivity contribution in [2.24, 2.45) is 5.92 Å². The van der Waals surface area contributed by atoms with Crippen molar-refractivity contribution in [1.29, 1.82) is 0 Å². The Kier molecular flexibility index (Phi) is 6.30. The maximum absolute atomic E-state index is 12.6. The molecule has 0 radical (unpaired) electrons. The molecule has 1 aliphatic heterocycles. The number of hydrogen-bond donors (Lipinski definition) is 2. The first-order valence-corrected chi connectivity index (χ1v) is 10.1. The Bertz CT molecular complexity index is 588. The number of carbonyl (C=O) groups excluding carboxylic acids is 2. The van der Waals surface area contributed by atoms with E-state index < -0.39 is 18.1 Å². The number of aliphatic hydroxyl groups excluding tert-OH is 2. The molecule has 0 aromatic heterocycles. The van der Waals surface area contributed by atoms with Gasteiger partial charge in [0.15, 0.2) is 11.6 Å². The van der Waals surface area contributed by atoms with Crippen molar-refractivity contribution in [2.45, 2.75) is 89.8 Å². The topological polar surface area (TPSA) is 83.8 Å². The van der Waals surface area contributed by atoms with Crippen LogP contribution in [0, 0.1) is 5.92 Å². The molecule has 0 aromatic carbocycles. The van der Waals surface area contributed by atoms with Crippen LogP contribution >= 0.6 is 0 Å². The van der Waals surface area contributed by atoms with Gasteiger partial charge in [-0.25, -0.2) is 0 Å². The zero-order chi connectivity index (χ0) is 18.7. The van der Waals surface area contributed by atoms with Gasteiger partial charge in [0.25, 0.3) is 0 Å². The Hall–Kier alpha value is -1.46. The van der Waals surface area contributed by atoms with E-state index in [1.807, 2.05) is 0 Å². The molecule has 0 aromatic rings. The summed E-state index contributed by atoms with van der Waals surface area (Å²) in [5.74, 6) is 0.993. The van der Waals surface area contributed by atoms with Crippen LogP contribution in [0.1, 0.15) is 77.6 Å². The highest BCUT2D eigenvalue weighted by atomic mass is 16.5. The monoisotopic (exact) mass is 362 g/mol. The van der Waals surface area contributed by atoms with Crippen LogP contribution in [-0.4, -0.2) is 34.0 Å². The van der Waals surface area contributed by atoms with Crippen LogP contribution in [0.2, 0.25) is 0 Å². The standard InChI is InChI=1S/C21H30O5/c1-2-3-4-7-14(22)17(25)12-13-20-15(23)8-5-10-18(20)26-19-11-6-9-16(24)21(13)19/h13-14,17,22,25H,2-12H2,1H3/t14-,17-/m0/s1. The Labute approximate surface area is 155 Å². The molecule has 0 spiro atoms. The number of allylic oxidation sites excluding steroid dienone is 4. The zero-order valence-electron chi connectivity index (χ0n) is 15.6. The minimum Gasteiger partial charge on any atom is -0.465 e. The van der Waals surface area contributed by atoms with E-state index in [9.17, 15) is 19.8 Å². The first-order chi connectivity index (χ1) is 12.5. The Morgan fingerprint density at radius 2 is 1.50 bits per heavy atom. The predicted octanol–water partition coefficient (Wildman–Crippen LogP) is 3.34. The number of hydrogen-bond acceptors (Lipinski definition) is 5. The number of unbranched alkanes of at least 4 members (excludes halogenated alkanes) is 2. The Morgan fingerprint density at radius 3 is 2.04 bits per heavy atom. The van der Waals surface area contributed by atoms with E-state index in [0.29, 0.717) is 54.8 Å². The fraction of sp³-hybridized carbons (Fsp3) is 0.714. The summed E-state index contributed by atoms with van der Waals surface area (Å²) in [6.45, 7) is 2.09. The normalized spacial score (nSPS) is 23.5. The molecule has 0 amide bonds. The van der Waals surface area contributed by atoms with Crippen molar-refractivity contribution >= 4 is 11.6 Å². The molecule has 2 N–H and O–H groups in total. The summed E-state index contributed by atoms with van der Waals surface area (Å²) < 4.78 is 5.96. The molecule has 0 fully saturated rings. The van der Waals surface area contributed by atoms with Gasteiger partial charge in [0, 0.05) is 42.7 Å². The molecule has 5 heteroatoms. The summed E-state index contributed by atoms with van der Waals surface area (Å²) in [7, 11) is 0. The van der Waals surface area contributed by atoms with Gasteiger partial charge in [-0.05, 0) is 25.7 Å². The first kappa shape index (κ1) is 19.3. The van der Waals surface area contributed by atoms with E-state index in [2.05, 4.69) is 6.92 Å². The fourth-order valence-electron chi connectivity index (χ4n) is 4.38. The highest BCUT2D eigenvalue weighted by molar-refractivity contribution is 6.04. The largest absolute Gasteiger partial charge is 0.465 e. The van der Waals surface area contributed by atoms with Crippen LogP contribution in [0.15, 0.2) is 22.7 Å². The number of ether oxygens (including phenoxy) is 1. The molecule has 0 unspecified atom stereocenters. The molecule has 0 saturated heterocycles. The van der Waals surface area contributed by atoms with Crippen LogP contribution in [0.3, 0.4) is 0 Å². The van der Waals surface area contributed by atoms with E-state index in [1.54, 1.807) is 0 Å². The van der Waals surface area contributed by atoms with E-state index in [4.69, 9.17) is 4.74 Å². The molecule has 5 nitrogen and oxygen atoms in total. The number of aliphatic hydroxyl groups is 2. The molecule has 2 aliphatic carbocycles. The lowest BCUT2D eigenvalue weighted by Gasteiger charge is -2.37. The van der Waals surface area contributed by atoms with Gasteiger partial charge in [0.05, 0.1) is 12.2 Å². The second-order valence-corrected chi connectivity index (χ2v) is 7.75. The summed E-state index contributed by atoms with van der Waals surface area (Å²) >= 11 is 0. The lowest BCUT2D eigenvalue weighted by atomic mass is 9.73. The van der Waals surface area contributed by atoms with Gasteiger partial charge in [-0.3, -0.25) is 9.59 Å². The van der Waals surface area contributed by atoms with Crippen molar-refractivity contribution in [3.05, 3.63) is 22.7 Å². The van der Waals surface area contributed by atoms with Crippen LogP contribution in [-0.2, 0) is 14.3 Å². The molecule has 2 atom stereocenters. The quantitative estimate of drug-likeness (QED) is 0.679. The molecule has 0 saturated carbocycles. The minimum atomic E-state index is -0.943. The fourth-order valence-corrected chi connectivity index (χ4v) is 4.38. The van der Waals surface area contributed by atoms with E-state index in [1.165, 1.54) is 0 Å². The molecular weight excluding hydrogens is 332 g/mol. The smallest absolute Gasteiger partial charge is 0.162 e. The van der Waals surface area contributed by atoms with Gasteiger partial charge in [-0.2, -0.15) is 0 Å². The van der Waals surface area contributed by atoms with Gasteiger partial charge in [0.2, 0.25) is 0 Å². The lowest BCUT2D eigenvalue weighted by Crippen LogP contribution is -2.36. The molecule has 3 rings (SSSR count). The number of carbonyl (C=O) groups is 2. The summed E-state index contributed by atoms with van der Waals surface area (Å²) in [6, 6.07) is 0. The van der Waals surface area contributed by atoms with Crippen molar-refractivity contribution in [2.75, 3.05) is 0 Å². The number of rotatable bonds is 7. The number of ketones is 2. The summed E-state index contributed by atoms with van der Waals surface area (Å²) in [4.78, 5) is 25.1. The van der Waals surface area contributed by atoms with E-state index in [0.717, 1.165) is 32.1 Å². The van der Waals surface area contributed by atoms with Crippen LogP contribution in [0.25, 0.3) is 0 Å². The summed E-state index contributed by atoms with van der Waals surface area (Å²) in [5, 5.41) is 20.9. The van der Waals surface area contributed by atoms with Crippen molar-refractivity contribution in [3.63, 3.8) is 0 Å². The maximum Gasteiger partial charge on any atom is 0.162 e. The van der Waals surface area contributed by atoms with Crippen molar-refractivity contribution in [1.82, 2.24) is 0 Å². The predicted molar refractivity (Wildman–Crippen MR) is 97.1 cm³/mol. The van der Waals surface area contributed by atoms with E-state index in [-0.39, 0.29) is 18.0 Å². The Morgan fingerprint density at radius 1 is 0.923 bits per heavy atom. The van der Waals surface area contributed by atoms with E-state index >= 15 is 0 Å². The molecule has 3 aliphatic rings. The van der Waals surface area contributed by atoms with Crippen molar-refractivity contribution in [3.8, 4) is 0 Å². The van der Waals surface area contributed by atoms with Crippen LogP contribution in [0.5, 0.6) is 0 Å². The molecule has 0 bridgehead atoms.